The second-order valence-corrected chi connectivity index (χ2v) is 6.50. The summed E-state index contributed by atoms with van der Waals surface area (Å²) in [6, 6.07) is 8.23. The van der Waals surface area contributed by atoms with Crippen LogP contribution < -0.4 is 11.1 Å². The SMILES string of the molecule is Nc1sc2c(c1-c1nc3ccccc3s1)CNC2. The number of nitrogens with two attached hydrogens (primary N) is 1. The van der Waals surface area contributed by atoms with E-state index >= 15 is 0 Å². The highest BCUT2D eigenvalue weighted by atomic mass is 32.1. The minimum Gasteiger partial charge on any atom is -0.390 e. The standard InChI is InChI=1S/C13H11N3S2/c14-12-11(7-5-15-6-10(7)17-12)13-16-8-3-1-2-4-9(8)18-13/h1-4,15H,5-6,14H2. The first kappa shape index (κ1) is 10.5. The van der Waals surface area contributed by atoms with Crippen LogP contribution in [0, 0.1) is 0 Å². The molecule has 3 N–H and O–H groups in total. The van der Waals surface area contributed by atoms with Crippen LogP contribution in [0.5, 0.6) is 0 Å². The van der Waals surface area contributed by atoms with Gasteiger partial charge in [-0.15, -0.1) is 22.7 Å². The lowest BCUT2D eigenvalue weighted by molar-refractivity contribution is 0.768. The third-order valence-electron chi connectivity index (χ3n) is 3.21. The first-order chi connectivity index (χ1) is 8.83. The minimum absolute atomic E-state index is 0.903. The summed E-state index contributed by atoms with van der Waals surface area (Å²) in [6.07, 6.45) is 0. The molecule has 3 nitrogen and oxygen atoms in total. The van der Waals surface area contributed by atoms with Crippen LogP contribution in [-0.2, 0) is 13.1 Å². The molecule has 3 heterocycles. The van der Waals surface area contributed by atoms with Crippen molar-refractivity contribution in [3.05, 3.63) is 34.7 Å². The Hall–Kier alpha value is -1.43. The van der Waals surface area contributed by atoms with Gasteiger partial charge in [0, 0.05) is 23.5 Å². The van der Waals surface area contributed by atoms with Crippen molar-refractivity contribution in [1.29, 1.82) is 0 Å². The van der Waals surface area contributed by atoms with Crippen LogP contribution in [0.1, 0.15) is 10.4 Å². The van der Waals surface area contributed by atoms with Gasteiger partial charge in [0.1, 0.15) is 5.01 Å². The normalized spacial score (nSPS) is 14.2. The molecule has 0 atom stereocenters. The van der Waals surface area contributed by atoms with Crippen molar-refractivity contribution in [2.24, 2.45) is 0 Å². The van der Waals surface area contributed by atoms with E-state index in [-0.39, 0.29) is 0 Å². The first-order valence-electron chi connectivity index (χ1n) is 5.79. The highest BCUT2D eigenvalue weighted by Crippen LogP contribution is 2.43. The van der Waals surface area contributed by atoms with E-state index in [0.29, 0.717) is 0 Å². The molecule has 1 aromatic carbocycles. The zero-order valence-electron chi connectivity index (χ0n) is 9.56. The van der Waals surface area contributed by atoms with Gasteiger partial charge < -0.3 is 11.1 Å². The fraction of sp³-hybridized carbons (Fsp3) is 0.154. The summed E-state index contributed by atoms with van der Waals surface area (Å²) < 4.78 is 1.22. The maximum atomic E-state index is 6.16. The number of anilines is 1. The summed E-state index contributed by atoms with van der Waals surface area (Å²) in [5.74, 6) is 0. The fourth-order valence-corrected chi connectivity index (χ4v) is 4.55. The van der Waals surface area contributed by atoms with E-state index in [4.69, 9.17) is 10.7 Å². The van der Waals surface area contributed by atoms with Crippen molar-refractivity contribution in [2.45, 2.75) is 13.1 Å². The zero-order chi connectivity index (χ0) is 12.1. The molecule has 3 aromatic rings. The number of hydrogen-bond donors (Lipinski definition) is 2. The third-order valence-corrected chi connectivity index (χ3v) is 5.33. The molecular formula is C13H11N3S2. The molecule has 0 spiro atoms. The number of para-hydroxylation sites is 1. The van der Waals surface area contributed by atoms with E-state index < -0.39 is 0 Å². The molecule has 4 rings (SSSR count). The van der Waals surface area contributed by atoms with E-state index in [0.717, 1.165) is 34.2 Å². The Morgan fingerprint density at radius 3 is 2.94 bits per heavy atom. The van der Waals surface area contributed by atoms with Crippen LogP contribution in [-0.4, -0.2) is 4.98 Å². The van der Waals surface area contributed by atoms with E-state index in [1.54, 1.807) is 22.7 Å². The van der Waals surface area contributed by atoms with Crippen LogP contribution in [0.15, 0.2) is 24.3 Å². The molecule has 0 radical (unpaired) electrons. The fourth-order valence-electron chi connectivity index (χ4n) is 2.38. The van der Waals surface area contributed by atoms with Gasteiger partial charge in [-0.1, -0.05) is 12.1 Å². The van der Waals surface area contributed by atoms with Crippen molar-refractivity contribution in [3.63, 3.8) is 0 Å². The summed E-state index contributed by atoms with van der Waals surface area (Å²) in [5.41, 5.74) is 9.72. The maximum absolute atomic E-state index is 6.16. The van der Waals surface area contributed by atoms with Gasteiger partial charge in [-0.25, -0.2) is 4.98 Å². The molecule has 0 fully saturated rings. The molecule has 0 unspecified atom stereocenters. The Bertz CT molecular complexity index is 709. The molecule has 2 aromatic heterocycles. The number of thiazole rings is 1. The number of rotatable bonds is 1. The second-order valence-electron chi connectivity index (χ2n) is 4.33. The smallest absolute Gasteiger partial charge is 0.127 e. The highest BCUT2D eigenvalue weighted by Gasteiger charge is 2.23. The molecule has 90 valence electrons. The number of thiophene rings is 1. The summed E-state index contributed by atoms with van der Waals surface area (Å²) in [6.45, 7) is 1.85. The van der Waals surface area contributed by atoms with Crippen LogP contribution >= 0.6 is 22.7 Å². The number of hydrogen-bond acceptors (Lipinski definition) is 5. The molecule has 0 saturated carbocycles. The number of nitrogens with one attached hydrogen (secondary N) is 1. The van der Waals surface area contributed by atoms with Crippen molar-refractivity contribution in [2.75, 3.05) is 5.73 Å². The summed E-state index contributed by atoms with van der Waals surface area (Å²) in [4.78, 5) is 6.07. The molecule has 0 amide bonds. The van der Waals surface area contributed by atoms with E-state index in [1.807, 2.05) is 12.1 Å². The average molecular weight is 273 g/mol. The summed E-state index contributed by atoms with van der Waals surface area (Å²) in [5, 5.41) is 5.32. The Morgan fingerprint density at radius 1 is 1.17 bits per heavy atom. The average Bonchev–Trinajstić information content (AvgIpc) is 3.00. The van der Waals surface area contributed by atoms with Gasteiger partial charge in [-0.2, -0.15) is 0 Å². The van der Waals surface area contributed by atoms with Gasteiger partial charge in [0.2, 0.25) is 0 Å². The van der Waals surface area contributed by atoms with Gasteiger partial charge in [0.15, 0.2) is 0 Å². The topological polar surface area (TPSA) is 50.9 Å². The quantitative estimate of drug-likeness (QED) is 0.716. The van der Waals surface area contributed by atoms with E-state index in [9.17, 15) is 0 Å². The zero-order valence-corrected chi connectivity index (χ0v) is 11.2. The number of benzene rings is 1. The van der Waals surface area contributed by atoms with Crippen molar-refractivity contribution in [3.8, 4) is 10.6 Å². The Labute approximate surface area is 112 Å². The lowest BCUT2D eigenvalue weighted by atomic mass is 10.2. The van der Waals surface area contributed by atoms with Crippen LogP contribution in [0.25, 0.3) is 20.8 Å². The molecule has 5 heteroatoms. The summed E-state index contributed by atoms with van der Waals surface area (Å²) >= 11 is 3.41. The number of aromatic nitrogens is 1. The Kier molecular flexibility index (Phi) is 2.20. The molecule has 1 aliphatic rings. The van der Waals surface area contributed by atoms with Crippen molar-refractivity contribution < 1.29 is 0 Å². The summed E-state index contributed by atoms with van der Waals surface area (Å²) in [7, 11) is 0. The molecule has 0 aliphatic carbocycles. The number of nitrogens with zero attached hydrogens (tertiary/aromatic N) is 1. The molecule has 0 saturated heterocycles. The predicted molar refractivity (Wildman–Crippen MR) is 77.9 cm³/mol. The van der Waals surface area contributed by atoms with Gasteiger partial charge in [-0.05, 0) is 17.7 Å². The number of nitrogen functional groups attached to an aromatic ring is 1. The lowest BCUT2D eigenvalue weighted by Gasteiger charge is -1.98. The van der Waals surface area contributed by atoms with Crippen LogP contribution in [0.2, 0.25) is 0 Å². The van der Waals surface area contributed by atoms with Gasteiger partial charge in [-0.3, -0.25) is 0 Å². The van der Waals surface area contributed by atoms with Crippen LogP contribution in [0.4, 0.5) is 5.00 Å². The first-order valence-corrected chi connectivity index (χ1v) is 7.43. The van der Waals surface area contributed by atoms with Gasteiger partial charge in [0.25, 0.3) is 0 Å². The maximum Gasteiger partial charge on any atom is 0.127 e. The number of fused-ring (bicyclic) bond motifs is 2. The Balaban J connectivity index is 1.97. The van der Waals surface area contributed by atoms with E-state index in [1.165, 1.54) is 15.1 Å². The van der Waals surface area contributed by atoms with Gasteiger partial charge >= 0.3 is 0 Å². The third kappa shape index (κ3) is 1.41. The monoisotopic (exact) mass is 273 g/mol. The molecular weight excluding hydrogens is 262 g/mol. The molecule has 18 heavy (non-hydrogen) atoms. The predicted octanol–water partition coefficient (Wildman–Crippen LogP) is 3.21. The Morgan fingerprint density at radius 2 is 2.06 bits per heavy atom. The van der Waals surface area contributed by atoms with Crippen LogP contribution in [0.3, 0.4) is 0 Å². The lowest BCUT2D eigenvalue weighted by Crippen LogP contribution is -2.01. The van der Waals surface area contributed by atoms with Crippen molar-refractivity contribution in [1.82, 2.24) is 10.3 Å². The molecule has 0 bridgehead atoms. The van der Waals surface area contributed by atoms with E-state index in [2.05, 4.69) is 17.4 Å². The second kappa shape index (κ2) is 3.78. The minimum atomic E-state index is 0.903. The molecule has 1 aliphatic heterocycles. The highest BCUT2D eigenvalue weighted by molar-refractivity contribution is 7.22. The van der Waals surface area contributed by atoms with Gasteiger partial charge in [0.05, 0.1) is 15.2 Å². The largest absolute Gasteiger partial charge is 0.390 e. The van der Waals surface area contributed by atoms with Crippen molar-refractivity contribution >= 4 is 37.9 Å².